The maximum absolute atomic E-state index is 11.3. The lowest BCUT2D eigenvalue weighted by molar-refractivity contribution is 0.0600. The Balaban J connectivity index is 0.00000128. The maximum Gasteiger partial charge on any atom is 0.337 e. The molecular weight excluding hydrogens is 226 g/mol. The molecule has 0 unspecified atom stereocenters. The van der Waals surface area contributed by atoms with Crippen molar-refractivity contribution in [2.45, 2.75) is 25.3 Å². The number of benzene rings is 1. The molecule has 1 aromatic carbocycles. The van der Waals surface area contributed by atoms with Gasteiger partial charge in [0.1, 0.15) is 0 Å². The second-order valence-corrected chi connectivity index (χ2v) is 4.07. The van der Waals surface area contributed by atoms with Gasteiger partial charge in [-0.3, -0.25) is 0 Å². The van der Waals surface area contributed by atoms with Gasteiger partial charge in [-0.2, -0.15) is 0 Å². The number of hydrogen-bond donors (Lipinski definition) is 1. The summed E-state index contributed by atoms with van der Waals surface area (Å²) in [5, 5.41) is 0. The topological polar surface area (TPSA) is 52.3 Å². The van der Waals surface area contributed by atoms with Gasteiger partial charge >= 0.3 is 5.97 Å². The molecule has 4 heteroatoms. The van der Waals surface area contributed by atoms with Crippen molar-refractivity contribution < 1.29 is 9.53 Å². The summed E-state index contributed by atoms with van der Waals surface area (Å²) in [5.41, 5.74) is 8.80. The Morgan fingerprint density at radius 3 is 2.62 bits per heavy atom. The fourth-order valence-corrected chi connectivity index (χ4v) is 1.86. The quantitative estimate of drug-likeness (QED) is 0.806. The summed E-state index contributed by atoms with van der Waals surface area (Å²) in [4.78, 5) is 11.3. The van der Waals surface area contributed by atoms with E-state index in [0.29, 0.717) is 11.5 Å². The maximum atomic E-state index is 11.3. The van der Waals surface area contributed by atoms with Crippen molar-refractivity contribution in [2.75, 3.05) is 7.11 Å². The lowest BCUT2D eigenvalue weighted by atomic mass is 10.0. The average molecular weight is 242 g/mol. The van der Waals surface area contributed by atoms with E-state index in [9.17, 15) is 4.79 Å². The first-order valence-corrected chi connectivity index (χ1v) is 5.08. The first-order chi connectivity index (χ1) is 7.13. The van der Waals surface area contributed by atoms with Gasteiger partial charge in [-0.1, -0.05) is 6.07 Å². The molecule has 0 heterocycles. The lowest BCUT2D eigenvalue weighted by Crippen LogP contribution is -2.05. The van der Waals surface area contributed by atoms with Crippen LogP contribution in [-0.2, 0) is 4.74 Å². The molecule has 1 saturated carbocycles. The fourth-order valence-electron chi connectivity index (χ4n) is 1.86. The molecule has 0 saturated heterocycles. The molecule has 16 heavy (non-hydrogen) atoms. The molecule has 1 aliphatic carbocycles. The van der Waals surface area contributed by atoms with Crippen molar-refractivity contribution in [2.24, 2.45) is 5.73 Å². The van der Waals surface area contributed by atoms with E-state index >= 15 is 0 Å². The van der Waals surface area contributed by atoms with Crippen LogP contribution in [0, 0.1) is 6.92 Å². The minimum absolute atomic E-state index is 0. The normalized spacial score (nSPS) is 22.2. The van der Waals surface area contributed by atoms with Gasteiger partial charge < -0.3 is 10.5 Å². The third kappa shape index (κ3) is 2.36. The van der Waals surface area contributed by atoms with Crippen molar-refractivity contribution in [3.05, 3.63) is 34.9 Å². The van der Waals surface area contributed by atoms with Gasteiger partial charge in [0.05, 0.1) is 12.7 Å². The Morgan fingerprint density at radius 1 is 1.50 bits per heavy atom. The monoisotopic (exact) mass is 241 g/mol. The number of carbonyl (C=O) groups is 1. The van der Waals surface area contributed by atoms with Crippen molar-refractivity contribution in [1.29, 1.82) is 0 Å². The number of nitrogens with two attached hydrogens (primary N) is 1. The molecule has 2 rings (SSSR count). The Morgan fingerprint density at radius 2 is 2.12 bits per heavy atom. The van der Waals surface area contributed by atoms with Gasteiger partial charge in [0.15, 0.2) is 0 Å². The van der Waals surface area contributed by atoms with Crippen LogP contribution in [0.1, 0.15) is 33.8 Å². The summed E-state index contributed by atoms with van der Waals surface area (Å²) in [7, 11) is 1.39. The highest BCUT2D eigenvalue weighted by atomic mass is 35.5. The summed E-state index contributed by atoms with van der Waals surface area (Å²) in [6, 6.07) is 5.90. The number of hydrogen-bond acceptors (Lipinski definition) is 3. The number of aryl methyl sites for hydroxylation is 1. The first kappa shape index (κ1) is 13.0. The van der Waals surface area contributed by atoms with Crippen LogP contribution < -0.4 is 5.73 Å². The Labute approximate surface area is 101 Å². The van der Waals surface area contributed by atoms with Crippen LogP contribution in [0.15, 0.2) is 18.2 Å². The molecule has 1 fully saturated rings. The molecule has 0 spiro atoms. The summed E-state index contributed by atoms with van der Waals surface area (Å²) in [6.07, 6.45) is 1.02. The summed E-state index contributed by atoms with van der Waals surface area (Å²) in [5.74, 6) is 0.139. The molecule has 0 aromatic heterocycles. The number of esters is 1. The van der Waals surface area contributed by atoms with E-state index in [4.69, 9.17) is 5.73 Å². The van der Waals surface area contributed by atoms with Gasteiger partial charge in [-0.05, 0) is 36.6 Å². The second kappa shape index (κ2) is 4.85. The molecule has 1 aromatic rings. The SMILES string of the molecule is COC(=O)c1ccc(C)c([C@@H]2C[C@H]2N)c1.Cl. The third-order valence-electron chi connectivity index (χ3n) is 2.94. The van der Waals surface area contributed by atoms with E-state index in [1.807, 2.05) is 19.1 Å². The van der Waals surface area contributed by atoms with Crippen LogP contribution in [0.2, 0.25) is 0 Å². The largest absolute Gasteiger partial charge is 0.465 e. The highest BCUT2D eigenvalue weighted by Gasteiger charge is 2.36. The Hall–Kier alpha value is -1.06. The Bertz CT molecular complexity index is 406. The fraction of sp³-hybridized carbons (Fsp3) is 0.417. The number of methoxy groups -OCH3 is 1. The minimum Gasteiger partial charge on any atom is -0.465 e. The van der Waals surface area contributed by atoms with Gasteiger partial charge in [0, 0.05) is 12.0 Å². The van der Waals surface area contributed by atoms with Gasteiger partial charge in [0.2, 0.25) is 0 Å². The minimum atomic E-state index is -0.287. The molecular formula is C12H16ClNO2. The van der Waals surface area contributed by atoms with Crippen LogP contribution in [0.5, 0.6) is 0 Å². The van der Waals surface area contributed by atoms with E-state index in [-0.39, 0.29) is 24.4 Å². The molecule has 0 bridgehead atoms. The van der Waals surface area contributed by atoms with Crippen molar-refractivity contribution >= 4 is 18.4 Å². The number of halogens is 1. The van der Waals surface area contributed by atoms with Gasteiger partial charge in [-0.15, -0.1) is 12.4 Å². The second-order valence-electron chi connectivity index (χ2n) is 4.07. The Kier molecular flexibility index (Phi) is 3.94. The molecule has 3 nitrogen and oxygen atoms in total. The number of ether oxygens (including phenoxy) is 1. The number of carbonyl (C=O) groups excluding carboxylic acids is 1. The lowest BCUT2D eigenvalue weighted by Gasteiger charge is -2.06. The van der Waals surface area contributed by atoms with Crippen LogP contribution in [0.4, 0.5) is 0 Å². The van der Waals surface area contributed by atoms with E-state index < -0.39 is 0 Å². The molecule has 1 aliphatic rings. The molecule has 2 atom stereocenters. The zero-order valence-corrected chi connectivity index (χ0v) is 10.2. The highest BCUT2D eigenvalue weighted by Crippen LogP contribution is 2.40. The molecule has 0 aliphatic heterocycles. The van der Waals surface area contributed by atoms with Crippen LogP contribution in [0.25, 0.3) is 0 Å². The van der Waals surface area contributed by atoms with E-state index in [1.165, 1.54) is 18.2 Å². The van der Waals surface area contributed by atoms with Crippen molar-refractivity contribution in [3.8, 4) is 0 Å². The van der Waals surface area contributed by atoms with Crippen LogP contribution in [-0.4, -0.2) is 19.1 Å². The predicted octanol–water partition coefficient (Wildman–Crippen LogP) is 2.02. The standard InChI is InChI=1S/C12H15NO2.ClH/c1-7-3-4-8(12(14)15-2)5-9(7)10-6-11(10)13;/h3-5,10-11H,6,13H2,1-2H3;1H/t10-,11+;/m0./s1. The van der Waals surface area contributed by atoms with Crippen LogP contribution >= 0.6 is 12.4 Å². The number of rotatable bonds is 2. The van der Waals surface area contributed by atoms with Gasteiger partial charge in [0.25, 0.3) is 0 Å². The predicted molar refractivity (Wildman–Crippen MR) is 65.1 cm³/mol. The zero-order valence-electron chi connectivity index (χ0n) is 9.40. The average Bonchev–Trinajstić information content (AvgIpc) is 2.95. The van der Waals surface area contributed by atoms with E-state index in [1.54, 1.807) is 6.07 Å². The van der Waals surface area contributed by atoms with E-state index in [0.717, 1.165) is 6.42 Å². The van der Waals surface area contributed by atoms with E-state index in [2.05, 4.69) is 4.74 Å². The summed E-state index contributed by atoms with van der Waals surface area (Å²) in [6.45, 7) is 2.04. The smallest absolute Gasteiger partial charge is 0.337 e. The highest BCUT2D eigenvalue weighted by molar-refractivity contribution is 5.89. The molecule has 0 amide bonds. The summed E-state index contributed by atoms with van der Waals surface area (Å²) >= 11 is 0. The third-order valence-corrected chi connectivity index (χ3v) is 2.94. The van der Waals surface area contributed by atoms with Crippen molar-refractivity contribution in [3.63, 3.8) is 0 Å². The van der Waals surface area contributed by atoms with Crippen LogP contribution in [0.3, 0.4) is 0 Å². The van der Waals surface area contributed by atoms with Crippen molar-refractivity contribution in [1.82, 2.24) is 0 Å². The zero-order chi connectivity index (χ0) is 11.0. The van der Waals surface area contributed by atoms with Gasteiger partial charge in [-0.25, -0.2) is 4.79 Å². The first-order valence-electron chi connectivity index (χ1n) is 5.08. The molecule has 88 valence electrons. The molecule has 0 radical (unpaired) electrons. The molecule has 2 N–H and O–H groups in total. The summed E-state index contributed by atoms with van der Waals surface area (Å²) < 4.78 is 4.69.